The van der Waals surface area contributed by atoms with Crippen LogP contribution in [0.4, 0.5) is 5.69 Å². The highest BCUT2D eigenvalue weighted by atomic mass is 16.7. The molecule has 2 heterocycles. The molecular formula is C11H14N2O2. The molecule has 0 aliphatic carbocycles. The lowest BCUT2D eigenvalue weighted by Crippen LogP contribution is -2.21. The van der Waals surface area contributed by atoms with Crippen LogP contribution in [-0.2, 0) is 15.9 Å². The molecule has 0 saturated carbocycles. The topological polar surface area (TPSA) is 43.7 Å². The maximum Gasteiger partial charge on any atom is 0.206 e. The van der Waals surface area contributed by atoms with E-state index in [1.807, 2.05) is 26.0 Å². The van der Waals surface area contributed by atoms with Gasteiger partial charge in [0, 0.05) is 19.7 Å². The second-order valence-electron chi connectivity index (χ2n) is 3.31. The zero-order valence-corrected chi connectivity index (χ0v) is 8.93. The lowest BCUT2D eigenvalue weighted by atomic mass is 10.2. The maximum atomic E-state index is 5.52. The van der Waals surface area contributed by atoms with Gasteiger partial charge < -0.3 is 9.47 Å². The lowest BCUT2D eigenvalue weighted by molar-refractivity contribution is -0.0821. The summed E-state index contributed by atoms with van der Waals surface area (Å²) in [6.07, 6.45) is 2.14. The highest BCUT2D eigenvalue weighted by molar-refractivity contribution is 5.77. The summed E-state index contributed by atoms with van der Waals surface area (Å²) in [6.45, 7) is 4.40. The van der Waals surface area contributed by atoms with E-state index in [2.05, 4.69) is 9.98 Å². The van der Waals surface area contributed by atoms with Gasteiger partial charge in [-0.2, -0.15) is 0 Å². The molecule has 0 spiro atoms. The minimum absolute atomic E-state index is 0.269. The Morgan fingerprint density at radius 2 is 2.47 bits per heavy atom. The third-order valence-electron chi connectivity index (χ3n) is 2.16. The predicted molar refractivity (Wildman–Crippen MR) is 57.2 cm³/mol. The highest BCUT2D eigenvalue weighted by Gasteiger charge is 2.18. The van der Waals surface area contributed by atoms with Crippen LogP contribution in [0.5, 0.6) is 0 Å². The van der Waals surface area contributed by atoms with E-state index < -0.39 is 0 Å². The Morgan fingerprint density at radius 3 is 3.27 bits per heavy atom. The molecule has 1 aromatic rings. The Labute approximate surface area is 89.0 Å². The normalized spacial score (nSPS) is 19.9. The number of pyridine rings is 1. The molecule has 0 fully saturated rings. The average Bonchev–Trinajstić information content (AvgIpc) is 2.35. The number of aromatic nitrogens is 1. The summed E-state index contributed by atoms with van der Waals surface area (Å²) >= 11 is 0. The zero-order valence-electron chi connectivity index (χ0n) is 8.93. The number of fused-ring (bicyclic) bond motifs is 1. The van der Waals surface area contributed by atoms with Crippen LogP contribution in [0.25, 0.3) is 0 Å². The van der Waals surface area contributed by atoms with Gasteiger partial charge in [0.15, 0.2) is 5.90 Å². The first kappa shape index (κ1) is 10.1. The van der Waals surface area contributed by atoms with Crippen LogP contribution >= 0.6 is 0 Å². The first-order valence-electron chi connectivity index (χ1n) is 5.07. The van der Waals surface area contributed by atoms with Crippen LogP contribution in [0.3, 0.4) is 0 Å². The number of nitrogens with zero attached hydrogens (tertiary/aromatic N) is 2. The van der Waals surface area contributed by atoms with Crippen molar-refractivity contribution in [3.63, 3.8) is 0 Å². The summed E-state index contributed by atoms with van der Waals surface area (Å²) in [7, 11) is 0. The van der Waals surface area contributed by atoms with E-state index in [0.717, 1.165) is 11.4 Å². The Hall–Kier alpha value is -1.42. The summed E-state index contributed by atoms with van der Waals surface area (Å²) in [5.74, 6) is 0.625. The molecule has 0 aromatic carbocycles. The molecule has 15 heavy (non-hydrogen) atoms. The van der Waals surface area contributed by atoms with Crippen LogP contribution in [0, 0.1) is 0 Å². The van der Waals surface area contributed by atoms with Gasteiger partial charge >= 0.3 is 0 Å². The molecule has 4 nitrogen and oxygen atoms in total. The van der Waals surface area contributed by atoms with E-state index in [9.17, 15) is 0 Å². The second kappa shape index (κ2) is 4.40. The second-order valence-corrected chi connectivity index (χ2v) is 3.31. The molecule has 4 heteroatoms. The van der Waals surface area contributed by atoms with Gasteiger partial charge in [0.25, 0.3) is 0 Å². The molecule has 0 radical (unpaired) electrons. The van der Waals surface area contributed by atoms with Crippen molar-refractivity contribution in [3.05, 3.63) is 24.0 Å². The fourth-order valence-corrected chi connectivity index (χ4v) is 1.55. The van der Waals surface area contributed by atoms with Gasteiger partial charge in [-0.3, -0.25) is 4.98 Å². The fourth-order valence-electron chi connectivity index (χ4n) is 1.55. The molecule has 1 atom stereocenters. The summed E-state index contributed by atoms with van der Waals surface area (Å²) in [5, 5.41) is 0. The summed E-state index contributed by atoms with van der Waals surface area (Å²) in [6, 6.07) is 3.81. The molecule has 1 aliphatic heterocycles. The number of ether oxygens (including phenoxy) is 2. The van der Waals surface area contributed by atoms with Crippen molar-refractivity contribution in [3.8, 4) is 0 Å². The molecule has 0 amide bonds. The number of hydrogen-bond acceptors (Lipinski definition) is 4. The largest absolute Gasteiger partial charge is 0.452 e. The van der Waals surface area contributed by atoms with Gasteiger partial charge in [-0.05, 0) is 19.1 Å². The Morgan fingerprint density at radius 1 is 1.60 bits per heavy atom. The maximum absolute atomic E-state index is 5.52. The smallest absolute Gasteiger partial charge is 0.206 e. The van der Waals surface area contributed by atoms with Crippen LogP contribution < -0.4 is 0 Å². The molecule has 80 valence electrons. The summed E-state index contributed by atoms with van der Waals surface area (Å²) in [5.41, 5.74) is 1.80. The Kier molecular flexibility index (Phi) is 2.97. The first-order valence-corrected chi connectivity index (χ1v) is 5.07. The SMILES string of the molecule is CCO[C@H]1Cc2ncccc2N=C(C)O1. The zero-order chi connectivity index (χ0) is 10.7. The monoisotopic (exact) mass is 206 g/mol. The van der Waals surface area contributed by atoms with E-state index >= 15 is 0 Å². The average molecular weight is 206 g/mol. The van der Waals surface area contributed by atoms with Gasteiger partial charge in [0.2, 0.25) is 6.29 Å². The minimum atomic E-state index is -0.269. The van der Waals surface area contributed by atoms with Crippen LogP contribution in [0.1, 0.15) is 19.5 Å². The van der Waals surface area contributed by atoms with Gasteiger partial charge in [-0.15, -0.1) is 0 Å². The quantitative estimate of drug-likeness (QED) is 0.744. The van der Waals surface area contributed by atoms with Crippen LogP contribution in [0.2, 0.25) is 0 Å². The molecule has 1 aliphatic rings. The molecule has 2 rings (SSSR count). The van der Waals surface area contributed by atoms with Crippen molar-refractivity contribution in [1.29, 1.82) is 0 Å². The first-order chi connectivity index (χ1) is 7.29. The number of hydrogen-bond donors (Lipinski definition) is 0. The minimum Gasteiger partial charge on any atom is -0.452 e. The third-order valence-corrected chi connectivity index (χ3v) is 2.16. The van der Waals surface area contributed by atoms with E-state index in [-0.39, 0.29) is 6.29 Å². The molecule has 0 saturated heterocycles. The standard InChI is InChI=1S/C11H14N2O2/c1-3-14-11-7-10-9(5-4-6-12-10)13-8(2)15-11/h4-6,11H,3,7H2,1-2H3/t11-/m1/s1. The van der Waals surface area contributed by atoms with Crippen molar-refractivity contribution in [2.45, 2.75) is 26.6 Å². The van der Waals surface area contributed by atoms with Crippen LogP contribution in [0.15, 0.2) is 23.3 Å². The molecule has 0 unspecified atom stereocenters. The Bertz CT molecular complexity index is 377. The van der Waals surface area contributed by atoms with Gasteiger partial charge in [-0.25, -0.2) is 4.99 Å². The number of aliphatic imine (C=N–C) groups is 1. The van der Waals surface area contributed by atoms with E-state index in [4.69, 9.17) is 9.47 Å². The molecule has 1 aromatic heterocycles. The van der Waals surface area contributed by atoms with Crippen molar-refractivity contribution in [1.82, 2.24) is 4.98 Å². The van der Waals surface area contributed by atoms with Gasteiger partial charge in [-0.1, -0.05) is 0 Å². The lowest BCUT2D eigenvalue weighted by Gasteiger charge is -2.15. The molecule has 0 bridgehead atoms. The molecule has 0 N–H and O–H groups in total. The van der Waals surface area contributed by atoms with Crippen molar-refractivity contribution in [2.24, 2.45) is 4.99 Å². The summed E-state index contributed by atoms with van der Waals surface area (Å²) < 4.78 is 11.0. The van der Waals surface area contributed by atoms with Crippen molar-refractivity contribution < 1.29 is 9.47 Å². The summed E-state index contributed by atoms with van der Waals surface area (Å²) in [4.78, 5) is 8.60. The third kappa shape index (κ3) is 2.33. The van der Waals surface area contributed by atoms with Gasteiger partial charge in [0.1, 0.15) is 0 Å². The predicted octanol–water partition coefficient (Wildman–Crippen LogP) is 2.07. The number of rotatable bonds is 2. The molecular weight excluding hydrogens is 192 g/mol. The van der Waals surface area contributed by atoms with E-state index in [0.29, 0.717) is 18.9 Å². The van der Waals surface area contributed by atoms with E-state index in [1.165, 1.54) is 0 Å². The fraction of sp³-hybridized carbons (Fsp3) is 0.455. The van der Waals surface area contributed by atoms with Crippen molar-refractivity contribution in [2.75, 3.05) is 6.61 Å². The van der Waals surface area contributed by atoms with E-state index in [1.54, 1.807) is 6.20 Å². The van der Waals surface area contributed by atoms with Crippen LogP contribution in [-0.4, -0.2) is 23.8 Å². The van der Waals surface area contributed by atoms with Gasteiger partial charge in [0.05, 0.1) is 17.8 Å². The highest BCUT2D eigenvalue weighted by Crippen LogP contribution is 2.22. The Balaban J connectivity index is 2.28. The van der Waals surface area contributed by atoms with Crippen molar-refractivity contribution >= 4 is 11.6 Å².